The Kier molecular flexibility index (Phi) is 5.95. The third-order valence-electron chi connectivity index (χ3n) is 3.26. The van der Waals surface area contributed by atoms with Gasteiger partial charge in [-0.25, -0.2) is 9.18 Å². The molecule has 0 aromatic heterocycles. The Morgan fingerprint density at radius 2 is 1.95 bits per heavy atom. The highest BCUT2D eigenvalue weighted by Gasteiger charge is 2.05. The van der Waals surface area contributed by atoms with Gasteiger partial charge in [0, 0.05) is 12.2 Å². The third-order valence-corrected chi connectivity index (χ3v) is 3.26. The molecule has 0 amide bonds. The molecule has 0 saturated carbocycles. The Bertz CT molecular complexity index is 611. The summed E-state index contributed by atoms with van der Waals surface area (Å²) < 4.78 is 18.0. The lowest BCUT2D eigenvalue weighted by Gasteiger charge is -2.07. The smallest absolute Gasteiger partial charge is 0.338 e. The van der Waals surface area contributed by atoms with Crippen molar-refractivity contribution in [3.8, 4) is 0 Å². The number of hydrogen-bond donors (Lipinski definition) is 1. The number of anilines is 1. The molecule has 2 aromatic carbocycles. The van der Waals surface area contributed by atoms with Crippen LogP contribution in [-0.2, 0) is 11.2 Å². The molecule has 2 rings (SSSR count). The lowest BCUT2D eigenvalue weighted by molar-refractivity contribution is 0.0526. The third kappa shape index (κ3) is 4.88. The fourth-order valence-electron chi connectivity index (χ4n) is 2.16. The van der Waals surface area contributed by atoms with Gasteiger partial charge in [-0.1, -0.05) is 12.1 Å². The highest BCUT2D eigenvalue weighted by Crippen LogP contribution is 2.11. The molecule has 22 heavy (non-hydrogen) atoms. The molecule has 116 valence electrons. The molecule has 4 heteroatoms. The highest BCUT2D eigenvalue weighted by atomic mass is 19.1. The van der Waals surface area contributed by atoms with E-state index in [1.54, 1.807) is 31.2 Å². The lowest BCUT2D eigenvalue weighted by atomic mass is 10.1. The number of hydrogen-bond acceptors (Lipinski definition) is 3. The van der Waals surface area contributed by atoms with Crippen molar-refractivity contribution in [2.24, 2.45) is 0 Å². The van der Waals surface area contributed by atoms with Crippen LogP contribution in [0.2, 0.25) is 0 Å². The summed E-state index contributed by atoms with van der Waals surface area (Å²) in [5.41, 5.74) is 2.50. The number of carbonyl (C=O) groups is 1. The Morgan fingerprint density at radius 3 is 2.64 bits per heavy atom. The zero-order valence-electron chi connectivity index (χ0n) is 12.6. The van der Waals surface area contributed by atoms with E-state index in [9.17, 15) is 9.18 Å². The van der Waals surface area contributed by atoms with Crippen LogP contribution in [0.1, 0.15) is 29.3 Å². The van der Waals surface area contributed by atoms with Gasteiger partial charge in [0.05, 0.1) is 12.2 Å². The Balaban J connectivity index is 1.76. The Morgan fingerprint density at radius 1 is 1.18 bits per heavy atom. The number of halogens is 1. The molecule has 0 bridgehead atoms. The number of carbonyl (C=O) groups excluding carboxylic acids is 1. The zero-order valence-corrected chi connectivity index (χ0v) is 12.6. The molecular formula is C18H20FNO2. The van der Waals surface area contributed by atoms with Crippen LogP contribution >= 0.6 is 0 Å². The molecule has 0 unspecified atom stereocenters. The first-order valence-electron chi connectivity index (χ1n) is 7.44. The van der Waals surface area contributed by atoms with Gasteiger partial charge in [-0.05, 0) is 61.7 Å². The molecule has 0 spiro atoms. The van der Waals surface area contributed by atoms with Crippen LogP contribution in [0, 0.1) is 5.82 Å². The van der Waals surface area contributed by atoms with Crippen LogP contribution in [-0.4, -0.2) is 19.1 Å². The highest BCUT2D eigenvalue weighted by molar-refractivity contribution is 5.89. The number of ether oxygens (including phenoxy) is 1. The summed E-state index contributed by atoms with van der Waals surface area (Å²) in [6.45, 7) is 2.95. The average Bonchev–Trinajstić information content (AvgIpc) is 2.52. The first-order valence-corrected chi connectivity index (χ1v) is 7.44. The number of aryl methyl sites for hydroxylation is 1. The van der Waals surface area contributed by atoms with E-state index in [0.717, 1.165) is 30.6 Å². The van der Waals surface area contributed by atoms with Crippen molar-refractivity contribution < 1.29 is 13.9 Å². The Hall–Kier alpha value is -2.36. The van der Waals surface area contributed by atoms with E-state index < -0.39 is 0 Å². The lowest BCUT2D eigenvalue weighted by Crippen LogP contribution is -2.06. The quantitative estimate of drug-likeness (QED) is 0.619. The summed E-state index contributed by atoms with van der Waals surface area (Å²) in [6.07, 6.45) is 1.73. The van der Waals surface area contributed by atoms with Gasteiger partial charge in [0.25, 0.3) is 0 Å². The molecule has 0 saturated heterocycles. The maximum absolute atomic E-state index is 13.0. The van der Waals surface area contributed by atoms with Crippen LogP contribution in [0.3, 0.4) is 0 Å². The minimum Gasteiger partial charge on any atom is -0.462 e. The minimum atomic E-state index is -0.305. The van der Waals surface area contributed by atoms with Gasteiger partial charge >= 0.3 is 5.97 Å². The summed E-state index contributed by atoms with van der Waals surface area (Å²) >= 11 is 0. The van der Waals surface area contributed by atoms with E-state index in [0.29, 0.717) is 12.2 Å². The summed E-state index contributed by atoms with van der Waals surface area (Å²) in [5, 5.41) is 3.28. The Labute approximate surface area is 130 Å². The van der Waals surface area contributed by atoms with Crippen LogP contribution in [0.4, 0.5) is 10.1 Å². The second-order valence-corrected chi connectivity index (χ2v) is 4.96. The predicted molar refractivity (Wildman–Crippen MR) is 85.6 cm³/mol. The molecule has 0 aliphatic rings. The van der Waals surface area contributed by atoms with Crippen LogP contribution in [0.5, 0.6) is 0 Å². The molecule has 0 aliphatic carbocycles. The summed E-state index contributed by atoms with van der Waals surface area (Å²) in [4.78, 5) is 11.5. The predicted octanol–water partition coefficient (Wildman–Crippen LogP) is 4.05. The van der Waals surface area contributed by atoms with Crippen molar-refractivity contribution >= 4 is 11.7 Å². The second kappa shape index (κ2) is 8.17. The van der Waals surface area contributed by atoms with Gasteiger partial charge in [-0.3, -0.25) is 0 Å². The molecule has 3 nitrogen and oxygen atoms in total. The van der Waals surface area contributed by atoms with E-state index in [1.807, 2.05) is 18.2 Å². The molecule has 0 heterocycles. The van der Waals surface area contributed by atoms with Crippen LogP contribution in [0.15, 0.2) is 48.5 Å². The second-order valence-electron chi connectivity index (χ2n) is 4.96. The molecule has 0 fully saturated rings. The van der Waals surface area contributed by atoms with E-state index in [4.69, 9.17) is 4.74 Å². The molecule has 1 N–H and O–H groups in total. The molecule has 2 aromatic rings. The van der Waals surface area contributed by atoms with Gasteiger partial charge < -0.3 is 10.1 Å². The van der Waals surface area contributed by atoms with Crippen molar-refractivity contribution in [2.75, 3.05) is 18.5 Å². The van der Waals surface area contributed by atoms with Gasteiger partial charge in [-0.2, -0.15) is 0 Å². The maximum atomic E-state index is 13.0. The average molecular weight is 301 g/mol. The molecule has 0 radical (unpaired) electrons. The summed E-state index contributed by atoms with van der Waals surface area (Å²) in [6, 6.07) is 13.9. The zero-order chi connectivity index (χ0) is 15.8. The fraction of sp³-hybridized carbons (Fsp3) is 0.278. The van der Waals surface area contributed by atoms with Crippen molar-refractivity contribution in [3.63, 3.8) is 0 Å². The van der Waals surface area contributed by atoms with Crippen molar-refractivity contribution in [1.82, 2.24) is 0 Å². The van der Waals surface area contributed by atoms with Gasteiger partial charge in [0.2, 0.25) is 0 Å². The van der Waals surface area contributed by atoms with Crippen molar-refractivity contribution in [2.45, 2.75) is 19.8 Å². The normalized spacial score (nSPS) is 10.3. The first kappa shape index (κ1) is 16.0. The minimum absolute atomic E-state index is 0.194. The fourth-order valence-corrected chi connectivity index (χ4v) is 2.16. The maximum Gasteiger partial charge on any atom is 0.338 e. The van der Waals surface area contributed by atoms with E-state index >= 15 is 0 Å². The van der Waals surface area contributed by atoms with Crippen LogP contribution < -0.4 is 5.32 Å². The first-order chi connectivity index (χ1) is 10.7. The SMILES string of the molecule is CCOC(=O)c1ccc(NCCCc2cccc(F)c2)cc1. The number of esters is 1. The van der Waals surface area contributed by atoms with Crippen molar-refractivity contribution in [1.29, 1.82) is 0 Å². The molecule has 0 aliphatic heterocycles. The van der Waals surface area contributed by atoms with Crippen molar-refractivity contribution in [3.05, 3.63) is 65.5 Å². The largest absolute Gasteiger partial charge is 0.462 e. The number of benzene rings is 2. The summed E-state index contributed by atoms with van der Waals surface area (Å²) in [7, 11) is 0. The van der Waals surface area contributed by atoms with Gasteiger partial charge in [0.15, 0.2) is 0 Å². The topological polar surface area (TPSA) is 38.3 Å². The standard InChI is InChI=1S/C18H20FNO2/c1-2-22-18(21)15-8-10-17(11-9-15)20-12-4-6-14-5-3-7-16(19)13-14/h3,5,7-11,13,20H,2,4,6,12H2,1H3. The number of rotatable bonds is 7. The van der Waals surface area contributed by atoms with E-state index in [-0.39, 0.29) is 11.8 Å². The molecular weight excluding hydrogens is 281 g/mol. The monoisotopic (exact) mass is 301 g/mol. The van der Waals surface area contributed by atoms with Gasteiger partial charge in [0.1, 0.15) is 5.82 Å². The van der Waals surface area contributed by atoms with Gasteiger partial charge in [-0.15, -0.1) is 0 Å². The summed E-state index contributed by atoms with van der Waals surface area (Å²) in [5.74, 6) is -0.500. The number of nitrogens with one attached hydrogen (secondary N) is 1. The van der Waals surface area contributed by atoms with Crippen LogP contribution in [0.25, 0.3) is 0 Å². The van der Waals surface area contributed by atoms with E-state index in [2.05, 4.69) is 5.32 Å². The van der Waals surface area contributed by atoms with E-state index in [1.165, 1.54) is 6.07 Å². The molecule has 0 atom stereocenters.